The summed E-state index contributed by atoms with van der Waals surface area (Å²) in [5.41, 5.74) is 2.35. The van der Waals surface area contributed by atoms with Gasteiger partial charge in [0, 0.05) is 23.6 Å². The first kappa shape index (κ1) is 13.4. The lowest BCUT2D eigenvalue weighted by atomic mass is 9.66. The van der Waals surface area contributed by atoms with Crippen LogP contribution in [0.4, 0.5) is 0 Å². The van der Waals surface area contributed by atoms with Gasteiger partial charge in [-0.1, -0.05) is 6.07 Å². The van der Waals surface area contributed by atoms with E-state index in [-0.39, 0.29) is 5.41 Å². The van der Waals surface area contributed by atoms with Crippen LogP contribution in [0.1, 0.15) is 31.2 Å². The number of hydrogen-bond acceptors (Lipinski definition) is 4. The smallest absolute Gasteiger partial charge is 0.161 e. The first-order valence-corrected chi connectivity index (χ1v) is 7.22. The molecule has 4 heteroatoms. The molecule has 2 fully saturated rings. The zero-order valence-electron chi connectivity index (χ0n) is 12.2. The summed E-state index contributed by atoms with van der Waals surface area (Å²) in [6.45, 7) is 1.03. The van der Waals surface area contributed by atoms with Gasteiger partial charge in [0.1, 0.15) is 0 Å². The number of fused-ring (bicyclic) bond motifs is 1. The van der Waals surface area contributed by atoms with Crippen molar-refractivity contribution in [2.24, 2.45) is 0 Å². The van der Waals surface area contributed by atoms with E-state index >= 15 is 0 Å². The van der Waals surface area contributed by atoms with Crippen LogP contribution in [0.25, 0.3) is 0 Å². The Morgan fingerprint density at radius 2 is 2.00 bits per heavy atom. The van der Waals surface area contributed by atoms with E-state index in [0.29, 0.717) is 6.04 Å². The third-order valence-electron chi connectivity index (χ3n) is 4.91. The molecular formula is C16H22N2O2. The number of hydrogen-bond donors (Lipinski definition) is 2. The van der Waals surface area contributed by atoms with Gasteiger partial charge in [0.2, 0.25) is 0 Å². The number of nitrogens with one attached hydrogen (secondary N) is 2. The van der Waals surface area contributed by atoms with Crippen LogP contribution < -0.4 is 14.8 Å². The Balaban J connectivity index is 2.00. The standard InChI is InChI=1S/C16H22N2O2/c1-19-13-4-3-11(9-14(13)20-2)16-6-5-12(17)10-15(16)18-8-7-16/h3-4,9,15,17-18H,5-8,10H2,1-2H3. The van der Waals surface area contributed by atoms with Gasteiger partial charge >= 0.3 is 0 Å². The van der Waals surface area contributed by atoms with Gasteiger partial charge in [0.05, 0.1) is 14.2 Å². The SMILES string of the molecule is COc1ccc(C23CCNC2CC(=N)CC3)cc1OC. The first-order valence-electron chi connectivity index (χ1n) is 7.22. The lowest BCUT2D eigenvalue weighted by Crippen LogP contribution is -2.45. The predicted octanol–water partition coefficient (Wildman–Crippen LogP) is 2.51. The molecule has 1 aliphatic carbocycles. The Hall–Kier alpha value is -1.55. The van der Waals surface area contributed by atoms with Crippen LogP contribution in [0, 0.1) is 5.41 Å². The third-order valence-corrected chi connectivity index (χ3v) is 4.91. The van der Waals surface area contributed by atoms with Crippen molar-refractivity contribution >= 4 is 5.71 Å². The zero-order valence-corrected chi connectivity index (χ0v) is 12.2. The molecule has 20 heavy (non-hydrogen) atoms. The highest BCUT2D eigenvalue weighted by Crippen LogP contribution is 2.46. The summed E-state index contributed by atoms with van der Waals surface area (Å²) in [5.74, 6) is 1.57. The molecule has 1 heterocycles. The van der Waals surface area contributed by atoms with Crippen molar-refractivity contribution in [1.82, 2.24) is 5.32 Å². The Bertz CT molecular complexity index is 529. The van der Waals surface area contributed by atoms with Crippen molar-refractivity contribution in [2.75, 3.05) is 20.8 Å². The average molecular weight is 274 g/mol. The molecule has 2 aliphatic rings. The molecule has 0 bridgehead atoms. The van der Waals surface area contributed by atoms with Gasteiger partial charge in [-0.05, 0) is 43.5 Å². The van der Waals surface area contributed by atoms with Crippen molar-refractivity contribution in [3.63, 3.8) is 0 Å². The van der Waals surface area contributed by atoms with Crippen LogP contribution in [-0.4, -0.2) is 32.5 Å². The second kappa shape index (κ2) is 5.09. The molecule has 2 atom stereocenters. The van der Waals surface area contributed by atoms with Crippen LogP contribution in [0.15, 0.2) is 18.2 Å². The predicted molar refractivity (Wildman–Crippen MR) is 79.2 cm³/mol. The van der Waals surface area contributed by atoms with Gasteiger partial charge in [-0.2, -0.15) is 0 Å². The number of benzene rings is 1. The largest absolute Gasteiger partial charge is 0.493 e. The van der Waals surface area contributed by atoms with E-state index in [1.807, 2.05) is 6.07 Å². The molecule has 2 unspecified atom stereocenters. The van der Waals surface area contributed by atoms with Crippen LogP contribution in [0.2, 0.25) is 0 Å². The van der Waals surface area contributed by atoms with Crippen molar-refractivity contribution in [2.45, 2.75) is 37.1 Å². The van der Waals surface area contributed by atoms with Crippen molar-refractivity contribution < 1.29 is 9.47 Å². The van der Waals surface area contributed by atoms with E-state index in [9.17, 15) is 0 Å². The summed E-state index contributed by atoms with van der Waals surface area (Å²) in [6, 6.07) is 6.67. The first-order chi connectivity index (χ1) is 9.69. The normalized spacial score (nSPS) is 29.1. The summed E-state index contributed by atoms with van der Waals surface area (Å²) >= 11 is 0. The second-order valence-corrected chi connectivity index (χ2v) is 5.79. The fraction of sp³-hybridized carbons (Fsp3) is 0.562. The Morgan fingerprint density at radius 3 is 2.75 bits per heavy atom. The minimum absolute atomic E-state index is 0.157. The molecule has 0 amide bonds. The molecule has 108 valence electrons. The van der Waals surface area contributed by atoms with E-state index in [0.717, 1.165) is 49.4 Å². The fourth-order valence-electron chi connectivity index (χ4n) is 3.76. The summed E-state index contributed by atoms with van der Waals surface area (Å²) in [5, 5.41) is 11.5. The quantitative estimate of drug-likeness (QED) is 0.890. The lowest BCUT2D eigenvalue weighted by molar-refractivity contribution is 0.324. The highest BCUT2D eigenvalue weighted by atomic mass is 16.5. The highest BCUT2D eigenvalue weighted by Gasteiger charge is 2.46. The van der Waals surface area contributed by atoms with Gasteiger partial charge in [-0.3, -0.25) is 0 Å². The van der Waals surface area contributed by atoms with E-state index in [4.69, 9.17) is 14.9 Å². The molecule has 3 rings (SSSR count). The molecule has 0 spiro atoms. The molecule has 1 aliphatic heterocycles. The molecule has 2 N–H and O–H groups in total. The molecule has 1 aromatic carbocycles. The molecule has 0 radical (unpaired) electrons. The maximum Gasteiger partial charge on any atom is 0.161 e. The number of rotatable bonds is 3. The van der Waals surface area contributed by atoms with Crippen molar-refractivity contribution in [1.29, 1.82) is 5.41 Å². The van der Waals surface area contributed by atoms with Gasteiger partial charge in [-0.15, -0.1) is 0 Å². The lowest BCUT2D eigenvalue weighted by Gasteiger charge is -2.40. The highest BCUT2D eigenvalue weighted by molar-refractivity contribution is 5.83. The van der Waals surface area contributed by atoms with Crippen molar-refractivity contribution in [3.8, 4) is 11.5 Å². The fourth-order valence-corrected chi connectivity index (χ4v) is 3.76. The average Bonchev–Trinajstić information content (AvgIpc) is 2.90. The second-order valence-electron chi connectivity index (χ2n) is 5.79. The van der Waals surface area contributed by atoms with E-state index in [2.05, 4.69) is 17.4 Å². The maximum atomic E-state index is 7.95. The Labute approximate surface area is 120 Å². The van der Waals surface area contributed by atoms with Gasteiger partial charge < -0.3 is 20.2 Å². The van der Waals surface area contributed by atoms with Crippen molar-refractivity contribution in [3.05, 3.63) is 23.8 Å². The zero-order chi connectivity index (χ0) is 14.2. The molecule has 0 aromatic heterocycles. The number of methoxy groups -OCH3 is 2. The number of ether oxygens (including phenoxy) is 2. The molecule has 1 saturated heterocycles. The molecule has 1 saturated carbocycles. The Kier molecular flexibility index (Phi) is 3.42. The third kappa shape index (κ3) is 1.99. The van der Waals surface area contributed by atoms with Crippen LogP contribution in [-0.2, 0) is 5.41 Å². The van der Waals surface area contributed by atoms with Crippen LogP contribution >= 0.6 is 0 Å². The molecular weight excluding hydrogens is 252 g/mol. The van der Waals surface area contributed by atoms with Gasteiger partial charge in [-0.25, -0.2) is 0 Å². The topological polar surface area (TPSA) is 54.3 Å². The summed E-state index contributed by atoms with van der Waals surface area (Å²) in [7, 11) is 3.35. The van der Waals surface area contributed by atoms with Gasteiger partial charge in [0.25, 0.3) is 0 Å². The molecule has 1 aromatic rings. The van der Waals surface area contributed by atoms with E-state index < -0.39 is 0 Å². The summed E-state index contributed by atoms with van der Waals surface area (Å²) in [6.07, 6.45) is 3.97. The monoisotopic (exact) mass is 274 g/mol. The Morgan fingerprint density at radius 1 is 1.20 bits per heavy atom. The minimum Gasteiger partial charge on any atom is -0.493 e. The van der Waals surface area contributed by atoms with Gasteiger partial charge in [0.15, 0.2) is 11.5 Å². The molecule has 4 nitrogen and oxygen atoms in total. The summed E-state index contributed by atoms with van der Waals surface area (Å²) in [4.78, 5) is 0. The minimum atomic E-state index is 0.157. The van der Waals surface area contributed by atoms with Crippen LogP contribution in [0.3, 0.4) is 0 Å². The summed E-state index contributed by atoms with van der Waals surface area (Å²) < 4.78 is 10.8. The maximum absolute atomic E-state index is 7.95. The van der Waals surface area contributed by atoms with E-state index in [1.54, 1.807) is 14.2 Å². The van der Waals surface area contributed by atoms with E-state index in [1.165, 1.54) is 5.56 Å². The van der Waals surface area contributed by atoms with Crippen LogP contribution in [0.5, 0.6) is 11.5 Å².